The van der Waals surface area contributed by atoms with Crippen LogP contribution in [0.5, 0.6) is 11.5 Å². The maximum Gasteiger partial charge on any atom is 0.338 e. The number of carbonyl (C=O) groups excluding carboxylic acids is 1. The monoisotopic (exact) mass is 426 g/mol. The van der Waals surface area contributed by atoms with Crippen LogP contribution >= 0.6 is 11.8 Å². The number of nitrogens with zero attached hydrogens (tertiary/aromatic N) is 2. The number of anilines is 1. The van der Waals surface area contributed by atoms with Gasteiger partial charge < -0.3 is 14.6 Å². The number of benzene rings is 2. The number of hydrogen-bond acceptors (Lipinski definition) is 7. The van der Waals surface area contributed by atoms with E-state index in [0.29, 0.717) is 17.9 Å². The summed E-state index contributed by atoms with van der Waals surface area (Å²) in [6.07, 6.45) is 1.96. The first-order chi connectivity index (χ1) is 14.5. The quantitative estimate of drug-likeness (QED) is 0.662. The number of ether oxygens (including phenoxy) is 2. The highest BCUT2D eigenvalue weighted by atomic mass is 32.2. The van der Waals surface area contributed by atoms with E-state index in [0.717, 1.165) is 22.1 Å². The summed E-state index contributed by atoms with van der Waals surface area (Å²) in [5, 5.41) is 10.9. The summed E-state index contributed by atoms with van der Waals surface area (Å²) >= 11 is 1.50. The zero-order chi connectivity index (χ0) is 21.7. The fourth-order valence-electron chi connectivity index (χ4n) is 3.40. The molecule has 0 bridgehead atoms. The van der Waals surface area contributed by atoms with Crippen molar-refractivity contribution in [2.24, 2.45) is 4.99 Å². The number of aromatic hydroxyl groups is 1. The minimum absolute atomic E-state index is 0.0507. The number of esters is 1. The van der Waals surface area contributed by atoms with Crippen LogP contribution < -0.4 is 9.64 Å². The first-order valence-electron chi connectivity index (χ1n) is 9.82. The highest BCUT2D eigenvalue weighted by Gasteiger charge is 2.35. The van der Waals surface area contributed by atoms with Crippen molar-refractivity contribution >= 4 is 28.6 Å². The first-order valence-corrected chi connectivity index (χ1v) is 11.0. The molecule has 0 amide bonds. The Morgan fingerprint density at radius 2 is 1.90 bits per heavy atom. The highest BCUT2D eigenvalue weighted by Crippen LogP contribution is 2.40. The number of aliphatic imine (C=N–C) groups is 1. The second-order valence-electron chi connectivity index (χ2n) is 6.57. The lowest BCUT2D eigenvalue weighted by atomic mass is 9.95. The number of hydrogen-bond donors (Lipinski definition) is 1. The van der Waals surface area contributed by atoms with Crippen molar-refractivity contribution in [2.45, 2.75) is 26.8 Å². The van der Waals surface area contributed by atoms with Gasteiger partial charge in [0, 0.05) is 11.4 Å². The maximum absolute atomic E-state index is 13.0. The van der Waals surface area contributed by atoms with Gasteiger partial charge in [-0.15, -0.1) is 0 Å². The Bertz CT molecular complexity index is 972. The lowest BCUT2D eigenvalue weighted by Crippen LogP contribution is -2.35. The van der Waals surface area contributed by atoms with Crippen LogP contribution in [0.1, 0.15) is 32.4 Å². The molecule has 0 aliphatic carbocycles. The van der Waals surface area contributed by atoms with Gasteiger partial charge in [-0.05, 0) is 56.9 Å². The molecule has 1 atom stereocenters. The van der Waals surface area contributed by atoms with Crippen LogP contribution in [0, 0.1) is 0 Å². The van der Waals surface area contributed by atoms with Gasteiger partial charge in [0.2, 0.25) is 0 Å². The van der Waals surface area contributed by atoms with Crippen molar-refractivity contribution in [1.29, 1.82) is 0 Å². The van der Waals surface area contributed by atoms with E-state index >= 15 is 0 Å². The summed E-state index contributed by atoms with van der Waals surface area (Å²) in [4.78, 5) is 19.9. The van der Waals surface area contributed by atoms with Crippen LogP contribution in [0.25, 0.3) is 0 Å². The van der Waals surface area contributed by atoms with Gasteiger partial charge in [-0.25, -0.2) is 9.79 Å². The SMILES string of the molecule is CCOC(=O)C1=C(C)N(c2ccccc2)C(SC)=NC1c1ccc(O)c(OCC)c1. The molecule has 1 N–H and O–H groups in total. The molecule has 0 aromatic heterocycles. The lowest BCUT2D eigenvalue weighted by molar-refractivity contribution is -0.138. The number of para-hydroxylation sites is 1. The standard InChI is InChI=1S/C23H26N2O4S/c1-5-28-19-14-16(12-13-18(19)26)21-20(22(27)29-6-2)15(3)25(23(24-21)30-4)17-10-8-7-9-11-17/h7-14,21,26H,5-6H2,1-4H3. The van der Waals surface area contributed by atoms with Gasteiger partial charge >= 0.3 is 5.97 Å². The van der Waals surface area contributed by atoms with Gasteiger partial charge in [0.25, 0.3) is 0 Å². The molecule has 3 rings (SSSR count). The zero-order valence-electron chi connectivity index (χ0n) is 17.6. The molecule has 0 saturated heterocycles. The number of thioether (sulfide) groups is 1. The average molecular weight is 427 g/mol. The number of phenolic OH excluding ortho intramolecular Hbond substituents is 1. The Kier molecular flexibility index (Phi) is 7.05. The van der Waals surface area contributed by atoms with E-state index in [4.69, 9.17) is 14.5 Å². The molecular weight excluding hydrogens is 400 g/mol. The van der Waals surface area contributed by atoms with E-state index in [1.165, 1.54) is 11.8 Å². The number of carbonyl (C=O) groups is 1. The van der Waals surface area contributed by atoms with Gasteiger partial charge in [0.15, 0.2) is 16.7 Å². The fraction of sp³-hybridized carbons (Fsp3) is 0.304. The van der Waals surface area contributed by atoms with Crippen LogP contribution in [0.2, 0.25) is 0 Å². The normalized spacial score (nSPS) is 16.3. The van der Waals surface area contributed by atoms with Crippen LogP contribution in [0.4, 0.5) is 5.69 Å². The summed E-state index contributed by atoms with van der Waals surface area (Å²) in [5.41, 5.74) is 2.89. The second-order valence-corrected chi connectivity index (χ2v) is 7.34. The lowest BCUT2D eigenvalue weighted by Gasteiger charge is -2.34. The summed E-state index contributed by atoms with van der Waals surface area (Å²) in [5.74, 6) is 0.00731. The van der Waals surface area contributed by atoms with E-state index in [-0.39, 0.29) is 12.4 Å². The zero-order valence-corrected chi connectivity index (χ0v) is 18.4. The summed E-state index contributed by atoms with van der Waals surface area (Å²) < 4.78 is 10.9. The Balaban J connectivity index is 2.16. The topological polar surface area (TPSA) is 71.4 Å². The highest BCUT2D eigenvalue weighted by molar-refractivity contribution is 8.13. The minimum Gasteiger partial charge on any atom is -0.504 e. The van der Waals surface area contributed by atoms with Gasteiger partial charge in [-0.2, -0.15) is 0 Å². The van der Waals surface area contributed by atoms with E-state index in [2.05, 4.69) is 0 Å². The Morgan fingerprint density at radius 3 is 2.53 bits per heavy atom. The molecule has 1 aliphatic heterocycles. The van der Waals surface area contributed by atoms with E-state index in [9.17, 15) is 9.90 Å². The molecule has 0 saturated carbocycles. The van der Waals surface area contributed by atoms with Crippen LogP contribution in [0.15, 0.2) is 64.8 Å². The molecule has 6 nitrogen and oxygen atoms in total. The van der Waals surface area contributed by atoms with E-state index < -0.39 is 12.0 Å². The average Bonchev–Trinajstić information content (AvgIpc) is 2.75. The summed E-state index contributed by atoms with van der Waals surface area (Å²) in [7, 11) is 0. The molecule has 0 spiro atoms. The Labute approximate surface area is 181 Å². The van der Waals surface area contributed by atoms with Gasteiger partial charge in [-0.3, -0.25) is 4.90 Å². The molecular formula is C23H26N2O4S. The molecule has 1 unspecified atom stereocenters. The number of rotatable bonds is 6. The van der Waals surface area contributed by atoms with Crippen molar-refractivity contribution in [1.82, 2.24) is 0 Å². The second kappa shape index (κ2) is 9.71. The molecule has 30 heavy (non-hydrogen) atoms. The van der Waals surface area contributed by atoms with Crippen molar-refractivity contribution in [3.63, 3.8) is 0 Å². The van der Waals surface area contributed by atoms with E-state index in [1.54, 1.807) is 25.1 Å². The van der Waals surface area contributed by atoms with Gasteiger partial charge in [0.1, 0.15) is 6.04 Å². The number of amidine groups is 1. The smallest absolute Gasteiger partial charge is 0.338 e. The molecule has 2 aromatic carbocycles. The summed E-state index contributed by atoms with van der Waals surface area (Å²) in [6.45, 7) is 6.23. The van der Waals surface area contributed by atoms with Crippen molar-refractivity contribution in [3.05, 3.63) is 65.4 Å². The van der Waals surface area contributed by atoms with Crippen LogP contribution in [-0.2, 0) is 9.53 Å². The Morgan fingerprint density at radius 1 is 1.17 bits per heavy atom. The molecule has 1 heterocycles. The van der Waals surface area contributed by atoms with Crippen LogP contribution in [-0.4, -0.2) is 35.7 Å². The number of allylic oxidation sites excluding steroid dienone is 1. The van der Waals surface area contributed by atoms with Gasteiger partial charge in [-0.1, -0.05) is 36.0 Å². The van der Waals surface area contributed by atoms with Crippen LogP contribution in [0.3, 0.4) is 0 Å². The maximum atomic E-state index is 13.0. The largest absolute Gasteiger partial charge is 0.504 e. The predicted molar refractivity (Wildman–Crippen MR) is 121 cm³/mol. The van der Waals surface area contributed by atoms with Crippen molar-refractivity contribution in [3.8, 4) is 11.5 Å². The minimum atomic E-state index is -0.564. The summed E-state index contributed by atoms with van der Waals surface area (Å²) in [6, 6.07) is 14.3. The van der Waals surface area contributed by atoms with Crippen molar-refractivity contribution < 1.29 is 19.4 Å². The Hall–Kier alpha value is -2.93. The molecule has 1 aliphatic rings. The predicted octanol–water partition coefficient (Wildman–Crippen LogP) is 4.91. The fourth-order valence-corrected chi connectivity index (χ4v) is 4.04. The third-order valence-corrected chi connectivity index (χ3v) is 5.37. The molecule has 0 radical (unpaired) electrons. The molecule has 7 heteroatoms. The first kappa shape index (κ1) is 21.8. The molecule has 158 valence electrons. The molecule has 2 aromatic rings. The van der Waals surface area contributed by atoms with Gasteiger partial charge in [0.05, 0.1) is 18.8 Å². The molecule has 0 fully saturated rings. The number of phenols is 1. The third-order valence-electron chi connectivity index (χ3n) is 4.72. The van der Waals surface area contributed by atoms with Crippen molar-refractivity contribution in [2.75, 3.05) is 24.4 Å². The third kappa shape index (κ3) is 4.31. The van der Waals surface area contributed by atoms with E-state index in [1.807, 2.05) is 55.3 Å².